The molecule has 2 N–H and O–H groups in total. The number of rotatable bonds is 5. The summed E-state index contributed by atoms with van der Waals surface area (Å²) < 4.78 is 0. The molecule has 6 nitrogen and oxygen atoms in total. The van der Waals surface area contributed by atoms with E-state index in [0.29, 0.717) is 12.3 Å². The van der Waals surface area contributed by atoms with E-state index in [0.717, 1.165) is 30.9 Å². The molecule has 0 aliphatic carbocycles. The van der Waals surface area contributed by atoms with Crippen LogP contribution in [-0.2, 0) is 4.79 Å². The molecule has 1 aliphatic rings. The van der Waals surface area contributed by atoms with Crippen molar-refractivity contribution in [3.8, 4) is 5.69 Å². The van der Waals surface area contributed by atoms with Crippen LogP contribution in [0.4, 0.5) is 5.69 Å². The zero-order chi connectivity index (χ0) is 14.5. The van der Waals surface area contributed by atoms with Gasteiger partial charge in [0.2, 0.25) is 5.91 Å². The second kappa shape index (κ2) is 7.91. The van der Waals surface area contributed by atoms with Gasteiger partial charge in [-0.15, -0.1) is 12.4 Å². The van der Waals surface area contributed by atoms with Crippen LogP contribution in [0, 0.1) is 5.92 Å². The Kier molecular flexibility index (Phi) is 5.91. The fraction of sp³-hybridized carbons (Fsp3) is 0.400. The average Bonchev–Trinajstić information content (AvgIpc) is 3.19. The van der Waals surface area contributed by atoms with Crippen LogP contribution in [-0.4, -0.2) is 34.0 Å². The second-order valence-corrected chi connectivity index (χ2v) is 5.31. The predicted molar refractivity (Wildman–Crippen MR) is 87.4 cm³/mol. The van der Waals surface area contributed by atoms with E-state index >= 15 is 0 Å². The van der Waals surface area contributed by atoms with E-state index in [2.05, 4.69) is 20.8 Å². The minimum atomic E-state index is 0. The third kappa shape index (κ3) is 4.29. The summed E-state index contributed by atoms with van der Waals surface area (Å²) in [6, 6.07) is 7.51. The quantitative estimate of drug-likeness (QED) is 0.883. The van der Waals surface area contributed by atoms with Crippen molar-refractivity contribution in [1.82, 2.24) is 20.3 Å². The first-order chi connectivity index (χ1) is 10.3. The van der Waals surface area contributed by atoms with Crippen molar-refractivity contribution in [2.24, 2.45) is 5.92 Å². The van der Waals surface area contributed by atoms with Crippen LogP contribution in [0.3, 0.4) is 0 Å². The summed E-state index contributed by atoms with van der Waals surface area (Å²) in [5, 5.41) is 14.4. The first-order valence-electron chi connectivity index (χ1n) is 7.28. The van der Waals surface area contributed by atoms with Crippen molar-refractivity contribution < 1.29 is 4.79 Å². The lowest BCUT2D eigenvalue weighted by Gasteiger charge is -2.09. The molecule has 1 fully saturated rings. The van der Waals surface area contributed by atoms with Crippen LogP contribution in [0.1, 0.15) is 19.3 Å². The number of hydrogen-bond acceptors (Lipinski definition) is 4. The highest BCUT2D eigenvalue weighted by molar-refractivity contribution is 5.90. The van der Waals surface area contributed by atoms with Gasteiger partial charge in [-0.3, -0.25) is 4.79 Å². The van der Waals surface area contributed by atoms with Crippen LogP contribution in [0.5, 0.6) is 0 Å². The maximum Gasteiger partial charge on any atom is 0.224 e. The van der Waals surface area contributed by atoms with E-state index in [1.54, 1.807) is 17.2 Å². The highest BCUT2D eigenvalue weighted by atomic mass is 35.5. The van der Waals surface area contributed by atoms with E-state index < -0.39 is 0 Å². The molecule has 2 aromatic rings. The monoisotopic (exact) mass is 321 g/mol. The molecular weight excluding hydrogens is 302 g/mol. The van der Waals surface area contributed by atoms with Crippen LogP contribution in [0.2, 0.25) is 0 Å². The minimum absolute atomic E-state index is 0. The number of benzene rings is 1. The summed E-state index contributed by atoms with van der Waals surface area (Å²) >= 11 is 0. The summed E-state index contributed by atoms with van der Waals surface area (Å²) in [5.74, 6) is 0.718. The van der Waals surface area contributed by atoms with Gasteiger partial charge >= 0.3 is 0 Å². The first kappa shape index (κ1) is 16.5. The van der Waals surface area contributed by atoms with Crippen molar-refractivity contribution in [2.75, 3.05) is 18.4 Å². The van der Waals surface area contributed by atoms with Gasteiger partial charge in [0.15, 0.2) is 0 Å². The number of nitrogens with zero attached hydrogens (tertiary/aromatic N) is 3. The van der Waals surface area contributed by atoms with Gasteiger partial charge in [-0.2, -0.15) is 15.0 Å². The van der Waals surface area contributed by atoms with E-state index in [-0.39, 0.29) is 18.3 Å². The second-order valence-electron chi connectivity index (χ2n) is 5.31. The Morgan fingerprint density at radius 3 is 2.64 bits per heavy atom. The van der Waals surface area contributed by atoms with Crippen LogP contribution in [0.15, 0.2) is 36.7 Å². The Balaban J connectivity index is 0.00000176. The smallest absolute Gasteiger partial charge is 0.224 e. The Morgan fingerprint density at radius 2 is 2.00 bits per heavy atom. The van der Waals surface area contributed by atoms with Crippen molar-refractivity contribution in [3.63, 3.8) is 0 Å². The molecule has 0 bridgehead atoms. The molecule has 1 amide bonds. The molecule has 2 heterocycles. The van der Waals surface area contributed by atoms with Gasteiger partial charge in [0.1, 0.15) is 0 Å². The van der Waals surface area contributed by atoms with E-state index in [1.807, 2.05) is 24.3 Å². The Morgan fingerprint density at radius 1 is 1.27 bits per heavy atom. The fourth-order valence-corrected chi connectivity index (χ4v) is 2.55. The minimum Gasteiger partial charge on any atom is -0.326 e. The Hall–Kier alpha value is -1.92. The van der Waals surface area contributed by atoms with Crippen LogP contribution < -0.4 is 10.6 Å². The topological polar surface area (TPSA) is 71.8 Å². The number of anilines is 1. The third-order valence-electron chi connectivity index (χ3n) is 3.74. The molecule has 1 aromatic carbocycles. The van der Waals surface area contributed by atoms with Crippen molar-refractivity contribution in [3.05, 3.63) is 36.7 Å². The number of aromatic nitrogens is 3. The zero-order valence-corrected chi connectivity index (χ0v) is 13.1. The number of nitrogens with one attached hydrogen (secondary N) is 2. The molecule has 118 valence electrons. The summed E-state index contributed by atoms with van der Waals surface area (Å²) in [5.41, 5.74) is 1.68. The van der Waals surface area contributed by atoms with Gasteiger partial charge in [-0.25, -0.2) is 0 Å². The van der Waals surface area contributed by atoms with E-state index in [1.165, 1.54) is 6.42 Å². The van der Waals surface area contributed by atoms with Crippen LogP contribution >= 0.6 is 12.4 Å². The molecule has 1 atom stereocenters. The van der Waals surface area contributed by atoms with Gasteiger partial charge in [-0.05, 0) is 56.1 Å². The highest BCUT2D eigenvalue weighted by Gasteiger charge is 2.15. The zero-order valence-electron chi connectivity index (χ0n) is 12.2. The van der Waals surface area contributed by atoms with E-state index in [9.17, 15) is 4.79 Å². The maximum atomic E-state index is 11.9. The molecule has 1 saturated heterocycles. The van der Waals surface area contributed by atoms with Gasteiger partial charge in [0, 0.05) is 12.1 Å². The first-order valence-corrected chi connectivity index (χ1v) is 7.28. The molecule has 0 saturated carbocycles. The molecule has 1 aromatic heterocycles. The number of halogens is 1. The fourth-order valence-electron chi connectivity index (χ4n) is 2.55. The molecular formula is C15H20ClN5O. The molecule has 1 aliphatic heterocycles. The lowest BCUT2D eigenvalue weighted by Crippen LogP contribution is -2.15. The third-order valence-corrected chi connectivity index (χ3v) is 3.74. The summed E-state index contributed by atoms with van der Waals surface area (Å²) in [6.45, 7) is 2.12. The number of carbonyl (C=O) groups is 1. The number of carbonyl (C=O) groups excluding carboxylic acids is 1. The highest BCUT2D eigenvalue weighted by Crippen LogP contribution is 2.16. The van der Waals surface area contributed by atoms with E-state index in [4.69, 9.17) is 0 Å². The largest absolute Gasteiger partial charge is 0.326 e. The summed E-state index contributed by atoms with van der Waals surface area (Å²) in [6.07, 6.45) is 5.98. The van der Waals surface area contributed by atoms with Gasteiger partial charge in [0.25, 0.3) is 0 Å². The molecule has 0 radical (unpaired) electrons. The van der Waals surface area contributed by atoms with Gasteiger partial charge in [-0.1, -0.05) is 0 Å². The molecule has 7 heteroatoms. The number of hydrogen-bond donors (Lipinski definition) is 2. The van der Waals surface area contributed by atoms with Crippen LogP contribution in [0.25, 0.3) is 5.69 Å². The maximum absolute atomic E-state index is 11.9. The summed E-state index contributed by atoms with van der Waals surface area (Å²) in [4.78, 5) is 13.5. The van der Waals surface area contributed by atoms with Gasteiger partial charge in [0.05, 0.1) is 18.1 Å². The Labute approximate surface area is 135 Å². The van der Waals surface area contributed by atoms with Gasteiger partial charge < -0.3 is 10.6 Å². The standard InChI is InChI=1S/C15H19N5O.ClH/c21-15(6-1-12-7-8-16-11-12)19-13-2-4-14(5-3-13)20-17-9-10-18-20;/h2-5,9-10,12,16H,1,6-8,11H2,(H,19,21);1H. The normalized spacial score (nSPS) is 17.0. The van der Waals surface area contributed by atoms with Crippen molar-refractivity contribution in [1.29, 1.82) is 0 Å². The average molecular weight is 322 g/mol. The molecule has 3 rings (SSSR count). The van der Waals surface area contributed by atoms with Crippen molar-refractivity contribution >= 4 is 24.0 Å². The SMILES string of the molecule is Cl.O=C(CCC1CCNC1)Nc1ccc(-n2nccn2)cc1. The summed E-state index contributed by atoms with van der Waals surface area (Å²) in [7, 11) is 0. The molecule has 0 spiro atoms. The predicted octanol–water partition coefficient (Wildman–Crippen LogP) is 2.02. The Bertz CT molecular complexity index is 578. The lowest BCUT2D eigenvalue weighted by molar-refractivity contribution is -0.116. The lowest BCUT2D eigenvalue weighted by atomic mass is 10.0. The van der Waals surface area contributed by atoms with Crippen molar-refractivity contribution in [2.45, 2.75) is 19.3 Å². The molecule has 1 unspecified atom stereocenters. The number of amides is 1. The molecule has 22 heavy (non-hydrogen) atoms.